The van der Waals surface area contributed by atoms with Crippen LogP contribution >= 0.6 is 11.6 Å². The van der Waals surface area contributed by atoms with Gasteiger partial charge in [-0.25, -0.2) is 0 Å². The maximum Gasteiger partial charge on any atom is 0.161 e. The van der Waals surface area contributed by atoms with Crippen molar-refractivity contribution in [3.63, 3.8) is 0 Å². The predicted octanol–water partition coefficient (Wildman–Crippen LogP) is 6.66. The first kappa shape index (κ1) is 22.6. The van der Waals surface area contributed by atoms with Crippen LogP contribution in [0.25, 0.3) is 11.1 Å². The summed E-state index contributed by atoms with van der Waals surface area (Å²) in [5, 5.41) is 0.388. The average Bonchev–Trinajstić information content (AvgIpc) is 2.83. The maximum atomic E-state index is 11.5. The molecule has 0 bridgehead atoms. The number of halogens is 1. The zero-order valence-corrected chi connectivity index (χ0v) is 19.9. The molecule has 0 aromatic heterocycles. The van der Waals surface area contributed by atoms with E-state index in [9.17, 15) is 4.79 Å². The van der Waals surface area contributed by atoms with Crippen molar-refractivity contribution in [3.05, 3.63) is 70.2 Å². The Kier molecular flexibility index (Phi) is 6.63. The lowest BCUT2D eigenvalue weighted by molar-refractivity contribution is 0.111. The monoisotopic (exact) mass is 478 g/mol. The molecule has 0 saturated heterocycles. The molecule has 6 heteroatoms. The largest absolute Gasteiger partial charge is 0.492 e. The number of hydrogen-bond acceptors (Lipinski definition) is 5. The first-order valence-corrected chi connectivity index (χ1v) is 12.0. The second-order valence-corrected chi connectivity index (χ2v) is 9.19. The van der Waals surface area contributed by atoms with Crippen LogP contribution in [0.3, 0.4) is 0 Å². The van der Waals surface area contributed by atoms with Gasteiger partial charge in [0.1, 0.15) is 31.3 Å². The van der Waals surface area contributed by atoms with E-state index in [1.165, 1.54) is 19.3 Å². The smallest absolute Gasteiger partial charge is 0.161 e. The standard InChI is InChI=1S/C28H27ClO5/c1-18-21(6-3-7-23(18)20-8-9-25-28(13-20)32-11-10-31-25)17-34-27-14-26(22(15-30)12-24(27)29)33-16-19-4-2-5-19/h3,6-9,12-15,19H,2,4-5,10-11,16-17H2,1H3. The van der Waals surface area contributed by atoms with Gasteiger partial charge < -0.3 is 18.9 Å². The average molecular weight is 479 g/mol. The molecule has 0 atom stereocenters. The summed E-state index contributed by atoms with van der Waals surface area (Å²) in [4.78, 5) is 11.5. The zero-order valence-electron chi connectivity index (χ0n) is 19.1. The van der Waals surface area contributed by atoms with Gasteiger partial charge in [0.25, 0.3) is 0 Å². The Hall–Kier alpha value is -3.18. The van der Waals surface area contributed by atoms with Gasteiger partial charge in [-0.3, -0.25) is 4.79 Å². The van der Waals surface area contributed by atoms with Crippen molar-refractivity contribution in [2.75, 3.05) is 19.8 Å². The number of hydrogen-bond donors (Lipinski definition) is 0. The highest BCUT2D eigenvalue weighted by Gasteiger charge is 2.20. The van der Waals surface area contributed by atoms with E-state index >= 15 is 0 Å². The molecule has 0 amide bonds. The molecule has 0 N–H and O–H groups in total. The first-order chi connectivity index (χ1) is 16.6. The number of ether oxygens (including phenoxy) is 4. The molecule has 1 heterocycles. The quantitative estimate of drug-likeness (QED) is 0.339. The van der Waals surface area contributed by atoms with Crippen LogP contribution in [0.5, 0.6) is 23.0 Å². The van der Waals surface area contributed by atoms with Crippen LogP contribution in [0.2, 0.25) is 5.02 Å². The molecule has 1 aliphatic heterocycles. The highest BCUT2D eigenvalue weighted by atomic mass is 35.5. The molecule has 0 unspecified atom stereocenters. The van der Waals surface area contributed by atoms with E-state index in [-0.39, 0.29) is 0 Å². The SMILES string of the molecule is Cc1c(COc2cc(OCC3CCC3)c(C=O)cc2Cl)cccc1-c1ccc2c(c1)OCCO2. The Balaban J connectivity index is 1.34. The molecule has 1 saturated carbocycles. The lowest BCUT2D eigenvalue weighted by atomic mass is 9.86. The van der Waals surface area contributed by atoms with Crippen molar-refractivity contribution in [1.82, 2.24) is 0 Å². The molecule has 3 aromatic carbocycles. The van der Waals surface area contributed by atoms with Crippen molar-refractivity contribution in [3.8, 4) is 34.1 Å². The maximum absolute atomic E-state index is 11.5. The lowest BCUT2D eigenvalue weighted by Crippen LogP contribution is -2.19. The third-order valence-electron chi connectivity index (χ3n) is 6.57. The highest BCUT2D eigenvalue weighted by molar-refractivity contribution is 6.32. The molecule has 2 aliphatic rings. The van der Waals surface area contributed by atoms with E-state index in [2.05, 4.69) is 13.0 Å². The van der Waals surface area contributed by atoms with E-state index < -0.39 is 0 Å². The van der Waals surface area contributed by atoms with Crippen LogP contribution in [0.1, 0.15) is 40.7 Å². The fraction of sp³-hybridized carbons (Fsp3) is 0.321. The van der Waals surface area contributed by atoms with E-state index in [0.717, 1.165) is 40.0 Å². The van der Waals surface area contributed by atoms with Gasteiger partial charge in [-0.15, -0.1) is 0 Å². The summed E-state index contributed by atoms with van der Waals surface area (Å²) in [6.45, 7) is 4.15. The zero-order chi connectivity index (χ0) is 23.5. The Morgan fingerprint density at radius 3 is 2.59 bits per heavy atom. The molecule has 0 spiro atoms. The van der Waals surface area contributed by atoms with Gasteiger partial charge in [-0.05, 0) is 66.1 Å². The van der Waals surface area contributed by atoms with E-state index in [1.54, 1.807) is 12.1 Å². The van der Waals surface area contributed by atoms with Gasteiger partial charge in [-0.1, -0.05) is 42.3 Å². The summed E-state index contributed by atoms with van der Waals surface area (Å²) >= 11 is 6.42. The normalized spacial score (nSPS) is 14.9. The Morgan fingerprint density at radius 2 is 1.82 bits per heavy atom. The minimum absolute atomic E-state index is 0.340. The van der Waals surface area contributed by atoms with Gasteiger partial charge in [0.2, 0.25) is 0 Å². The van der Waals surface area contributed by atoms with Crippen molar-refractivity contribution < 1.29 is 23.7 Å². The minimum atomic E-state index is 0.340. The summed E-state index contributed by atoms with van der Waals surface area (Å²) in [7, 11) is 0. The number of rotatable bonds is 8. The first-order valence-electron chi connectivity index (χ1n) is 11.6. The summed E-state index contributed by atoms with van der Waals surface area (Å²) in [6.07, 6.45) is 4.36. The van der Waals surface area contributed by atoms with Crippen LogP contribution in [-0.4, -0.2) is 26.1 Å². The second-order valence-electron chi connectivity index (χ2n) is 8.78. The van der Waals surface area contributed by atoms with Gasteiger partial charge in [0.05, 0.1) is 17.2 Å². The molecule has 1 aliphatic carbocycles. The van der Waals surface area contributed by atoms with Gasteiger partial charge in [0, 0.05) is 6.07 Å². The summed E-state index contributed by atoms with van der Waals surface area (Å²) < 4.78 is 23.4. The molecule has 5 rings (SSSR count). The molecule has 34 heavy (non-hydrogen) atoms. The molecule has 0 radical (unpaired) electrons. The van der Waals surface area contributed by atoms with Crippen LogP contribution in [0.15, 0.2) is 48.5 Å². The van der Waals surface area contributed by atoms with Crippen LogP contribution in [0.4, 0.5) is 0 Å². The van der Waals surface area contributed by atoms with Crippen LogP contribution in [-0.2, 0) is 6.61 Å². The fourth-order valence-corrected chi connectivity index (χ4v) is 4.49. The topological polar surface area (TPSA) is 54.0 Å². The molecule has 176 valence electrons. The number of aldehydes is 1. The van der Waals surface area contributed by atoms with E-state index in [1.807, 2.05) is 30.3 Å². The van der Waals surface area contributed by atoms with Crippen molar-refractivity contribution in [2.24, 2.45) is 5.92 Å². The Labute approximate surface area is 204 Å². The summed E-state index contributed by atoms with van der Waals surface area (Å²) in [5.41, 5.74) is 4.75. The fourth-order valence-electron chi connectivity index (χ4n) is 4.26. The van der Waals surface area contributed by atoms with Gasteiger partial charge >= 0.3 is 0 Å². The van der Waals surface area contributed by atoms with Gasteiger partial charge in [-0.2, -0.15) is 0 Å². The molecular formula is C28H27ClO5. The number of fused-ring (bicyclic) bond motifs is 1. The molecule has 3 aromatic rings. The lowest BCUT2D eigenvalue weighted by Gasteiger charge is -2.25. The number of carbonyl (C=O) groups is 1. The van der Waals surface area contributed by atoms with Crippen molar-refractivity contribution in [1.29, 1.82) is 0 Å². The van der Waals surface area contributed by atoms with Crippen LogP contribution in [0, 0.1) is 12.8 Å². The Morgan fingerprint density at radius 1 is 1.00 bits per heavy atom. The minimum Gasteiger partial charge on any atom is -0.492 e. The third kappa shape index (κ3) is 4.71. The predicted molar refractivity (Wildman–Crippen MR) is 132 cm³/mol. The number of benzene rings is 3. The molecule has 1 fully saturated rings. The highest BCUT2D eigenvalue weighted by Crippen LogP contribution is 2.37. The van der Waals surface area contributed by atoms with Crippen molar-refractivity contribution >= 4 is 17.9 Å². The third-order valence-corrected chi connectivity index (χ3v) is 6.87. The second kappa shape index (κ2) is 9.98. The van der Waals surface area contributed by atoms with Crippen LogP contribution < -0.4 is 18.9 Å². The van der Waals surface area contributed by atoms with Gasteiger partial charge in [0.15, 0.2) is 17.8 Å². The number of carbonyl (C=O) groups excluding carboxylic acids is 1. The van der Waals surface area contributed by atoms with E-state index in [0.29, 0.717) is 54.4 Å². The molecular weight excluding hydrogens is 452 g/mol. The molecule has 5 nitrogen and oxygen atoms in total. The van der Waals surface area contributed by atoms with E-state index in [4.69, 9.17) is 30.5 Å². The summed E-state index contributed by atoms with van der Waals surface area (Å²) in [6, 6.07) is 15.5. The Bertz CT molecular complexity index is 1200. The van der Waals surface area contributed by atoms with Crippen molar-refractivity contribution in [2.45, 2.75) is 32.8 Å². The summed E-state index contributed by atoms with van der Waals surface area (Å²) in [5.74, 6) is 3.12.